The summed E-state index contributed by atoms with van der Waals surface area (Å²) in [6, 6.07) is 0. The van der Waals surface area contributed by atoms with E-state index >= 15 is 0 Å². The fourth-order valence-corrected chi connectivity index (χ4v) is 7.77. The van der Waals surface area contributed by atoms with Crippen molar-refractivity contribution in [3.63, 3.8) is 0 Å². The van der Waals surface area contributed by atoms with Gasteiger partial charge in [-0.05, 0) is 25.9 Å². The van der Waals surface area contributed by atoms with Crippen LogP contribution in [0.4, 0.5) is 0 Å². The highest BCUT2D eigenvalue weighted by Crippen LogP contribution is 2.17. The van der Waals surface area contributed by atoms with E-state index in [1.807, 2.05) is 0 Å². The van der Waals surface area contributed by atoms with Crippen LogP contribution in [0, 0.1) is 0 Å². The highest BCUT2D eigenvalue weighted by atomic mass is 16.4. The molecule has 0 aliphatic carbocycles. The number of carboxylic acid groups (broad SMARTS) is 1. The highest BCUT2D eigenvalue weighted by molar-refractivity contribution is 5.66. The molecule has 3 heteroatoms. The minimum atomic E-state index is -0.651. The molecular formula is C47H95NO2. The summed E-state index contributed by atoms with van der Waals surface area (Å²) in [5.74, 6) is -0.651. The molecule has 0 fully saturated rings. The molecule has 0 aliphatic rings. The third-order valence-corrected chi connectivity index (χ3v) is 11.3. The van der Waals surface area contributed by atoms with Crippen LogP contribution < -0.4 is 0 Å². The number of hydrogen-bond acceptors (Lipinski definition) is 2. The Hall–Kier alpha value is -0.570. The molecule has 0 amide bonds. The van der Waals surface area contributed by atoms with E-state index in [0.29, 0.717) is 6.42 Å². The number of carboxylic acids is 1. The molecule has 0 aromatic rings. The zero-order valence-electron chi connectivity index (χ0n) is 34.9. The van der Waals surface area contributed by atoms with E-state index in [4.69, 9.17) is 0 Å². The summed E-state index contributed by atoms with van der Waals surface area (Å²) in [4.78, 5) is 13.6. The predicted molar refractivity (Wildman–Crippen MR) is 225 cm³/mol. The first-order chi connectivity index (χ1) is 24.7. The van der Waals surface area contributed by atoms with Crippen LogP contribution in [0.5, 0.6) is 0 Å². The molecule has 0 radical (unpaired) electrons. The lowest BCUT2D eigenvalue weighted by atomic mass is 10.0. The van der Waals surface area contributed by atoms with E-state index in [0.717, 1.165) is 19.6 Å². The quantitative estimate of drug-likeness (QED) is 0.0641. The molecule has 0 bridgehead atoms. The van der Waals surface area contributed by atoms with Crippen LogP contribution in [-0.2, 0) is 4.79 Å². The highest BCUT2D eigenvalue weighted by Gasteiger charge is 2.07. The Labute approximate surface area is 316 Å². The molecule has 50 heavy (non-hydrogen) atoms. The van der Waals surface area contributed by atoms with E-state index in [1.54, 1.807) is 0 Å². The summed E-state index contributed by atoms with van der Waals surface area (Å²) in [5.41, 5.74) is 0. The van der Waals surface area contributed by atoms with Crippen LogP contribution >= 0.6 is 0 Å². The monoisotopic (exact) mass is 706 g/mol. The summed E-state index contributed by atoms with van der Waals surface area (Å²) in [7, 11) is 0. The van der Waals surface area contributed by atoms with Crippen LogP contribution in [0.25, 0.3) is 0 Å². The third-order valence-electron chi connectivity index (χ3n) is 11.3. The van der Waals surface area contributed by atoms with Crippen molar-refractivity contribution in [1.82, 2.24) is 4.90 Å². The van der Waals surface area contributed by atoms with Crippen LogP contribution in [0.15, 0.2) is 0 Å². The van der Waals surface area contributed by atoms with Crippen molar-refractivity contribution in [3.05, 3.63) is 0 Å². The van der Waals surface area contributed by atoms with Gasteiger partial charge in [-0.1, -0.05) is 258 Å². The van der Waals surface area contributed by atoms with E-state index in [-0.39, 0.29) is 0 Å². The van der Waals surface area contributed by atoms with Gasteiger partial charge in [-0.2, -0.15) is 0 Å². The van der Waals surface area contributed by atoms with Crippen molar-refractivity contribution in [1.29, 1.82) is 0 Å². The van der Waals surface area contributed by atoms with Crippen molar-refractivity contribution in [2.24, 2.45) is 0 Å². The van der Waals surface area contributed by atoms with Gasteiger partial charge in [0.25, 0.3) is 0 Å². The van der Waals surface area contributed by atoms with Crippen LogP contribution in [0.3, 0.4) is 0 Å². The zero-order chi connectivity index (χ0) is 36.3. The average molecular weight is 706 g/mol. The molecular weight excluding hydrogens is 611 g/mol. The van der Waals surface area contributed by atoms with Crippen LogP contribution in [0.1, 0.15) is 277 Å². The maximum atomic E-state index is 11.2. The fraction of sp³-hybridized carbons (Fsp3) is 0.979. The standard InChI is InChI=1S/C47H95NO2/c1-3-5-7-9-11-13-15-17-19-21-23-25-27-29-31-33-35-37-39-41-44-48(46-43-47(49)50)45-42-40-38-36-34-32-30-28-26-24-22-20-18-16-14-12-10-8-6-4-2/h3-46H2,1-2H3,(H,49,50). The Morgan fingerprint density at radius 2 is 0.480 bits per heavy atom. The molecule has 3 nitrogen and oxygen atoms in total. The number of aliphatic carboxylic acids is 1. The molecule has 1 N–H and O–H groups in total. The van der Waals surface area contributed by atoms with Gasteiger partial charge in [0.2, 0.25) is 0 Å². The summed E-state index contributed by atoms with van der Waals surface area (Å²) < 4.78 is 0. The number of nitrogens with zero attached hydrogens (tertiary/aromatic N) is 1. The number of unbranched alkanes of at least 4 members (excludes halogenated alkanes) is 38. The van der Waals surface area contributed by atoms with Crippen molar-refractivity contribution in [2.45, 2.75) is 277 Å². The predicted octanol–water partition coefficient (Wildman–Crippen LogP) is 16.4. The zero-order valence-corrected chi connectivity index (χ0v) is 34.9. The summed E-state index contributed by atoms with van der Waals surface area (Å²) in [6.07, 6.45) is 57.0. The first-order valence-corrected chi connectivity index (χ1v) is 23.6. The molecule has 0 saturated carbocycles. The SMILES string of the molecule is CCCCCCCCCCCCCCCCCCCCCCN(CCCCCCCCCCCCCCCCCCCCCC)CCC(=O)O. The van der Waals surface area contributed by atoms with Crippen molar-refractivity contribution < 1.29 is 9.90 Å². The summed E-state index contributed by atoms with van der Waals surface area (Å²) in [5, 5.41) is 9.22. The first-order valence-electron chi connectivity index (χ1n) is 23.6. The topological polar surface area (TPSA) is 40.5 Å². The smallest absolute Gasteiger partial charge is 0.304 e. The van der Waals surface area contributed by atoms with Gasteiger partial charge in [-0.25, -0.2) is 0 Å². The lowest BCUT2D eigenvalue weighted by Gasteiger charge is -2.21. The lowest BCUT2D eigenvalue weighted by Crippen LogP contribution is -2.28. The minimum Gasteiger partial charge on any atom is -0.481 e. The van der Waals surface area contributed by atoms with Crippen molar-refractivity contribution >= 4 is 5.97 Å². The van der Waals surface area contributed by atoms with Crippen LogP contribution in [0.2, 0.25) is 0 Å². The molecule has 0 heterocycles. The first kappa shape index (κ1) is 49.4. The Morgan fingerprint density at radius 1 is 0.300 bits per heavy atom. The van der Waals surface area contributed by atoms with Gasteiger partial charge >= 0.3 is 5.97 Å². The normalized spacial score (nSPS) is 11.7. The molecule has 0 aromatic carbocycles. The van der Waals surface area contributed by atoms with Gasteiger partial charge < -0.3 is 10.0 Å². The minimum absolute atomic E-state index is 0.290. The largest absolute Gasteiger partial charge is 0.481 e. The summed E-state index contributed by atoms with van der Waals surface area (Å²) >= 11 is 0. The van der Waals surface area contributed by atoms with E-state index in [1.165, 1.54) is 257 Å². The van der Waals surface area contributed by atoms with Gasteiger partial charge in [0.1, 0.15) is 0 Å². The molecule has 0 aromatic heterocycles. The second-order valence-corrected chi connectivity index (χ2v) is 16.4. The van der Waals surface area contributed by atoms with Gasteiger partial charge in [0, 0.05) is 6.54 Å². The van der Waals surface area contributed by atoms with E-state index in [2.05, 4.69) is 18.7 Å². The Kier molecular flexibility index (Phi) is 44.1. The van der Waals surface area contributed by atoms with E-state index < -0.39 is 5.97 Å². The molecule has 0 atom stereocenters. The third kappa shape index (κ3) is 43.6. The van der Waals surface area contributed by atoms with Crippen LogP contribution in [-0.4, -0.2) is 35.6 Å². The summed E-state index contributed by atoms with van der Waals surface area (Å²) in [6.45, 7) is 7.51. The Bertz CT molecular complexity index is 578. The molecule has 0 rings (SSSR count). The Morgan fingerprint density at radius 3 is 0.660 bits per heavy atom. The Balaban J connectivity index is 3.49. The van der Waals surface area contributed by atoms with Crippen molar-refractivity contribution in [3.8, 4) is 0 Å². The lowest BCUT2D eigenvalue weighted by molar-refractivity contribution is -0.137. The number of rotatable bonds is 45. The molecule has 0 spiro atoms. The maximum Gasteiger partial charge on any atom is 0.304 e. The van der Waals surface area contributed by atoms with Gasteiger partial charge in [0.15, 0.2) is 0 Å². The van der Waals surface area contributed by atoms with Gasteiger partial charge in [0.05, 0.1) is 6.42 Å². The van der Waals surface area contributed by atoms with Gasteiger partial charge in [-0.3, -0.25) is 4.79 Å². The molecule has 0 aliphatic heterocycles. The second-order valence-electron chi connectivity index (χ2n) is 16.4. The number of carbonyl (C=O) groups is 1. The molecule has 0 saturated heterocycles. The fourth-order valence-electron chi connectivity index (χ4n) is 7.77. The second kappa shape index (κ2) is 44.6. The maximum absolute atomic E-state index is 11.2. The average Bonchev–Trinajstić information content (AvgIpc) is 3.11. The molecule has 0 unspecified atom stereocenters. The van der Waals surface area contributed by atoms with E-state index in [9.17, 15) is 9.90 Å². The van der Waals surface area contributed by atoms with Gasteiger partial charge in [-0.15, -0.1) is 0 Å². The molecule has 300 valence electrons. The number of hydrogen-bond donors (Lipinski definition) is 1. The van der Waals surface area contributed by atoms with Crippen molar-refractivity contribution in [2.75, 3.05) is 19.6 Å².